The Morgan fingerprint density at radius 3 is 2.47 bits per heavy atom. The van der Waals surface area contributed by atoms with Crippen LogP contribution in [0.25, 0.3) is 0 Å². The molecule has 2 N–H and O–H groups in total. The number of hydrogen-bond acceptors (Lipinski definition) is 3. The minimum absolute atomic E-state index is 0.0518. The van der Waals surface area contributed by atoms with Crippen molar-refractivity contribution in [2.45, 2.75) is 45.2 Å². The van der Waals surface area contributed by atoms with E-state index in [4.69, 9.17) is 5.73 Å². The summed E-state index contributed by atoms with van der Waals surface area (Å²) in [6.45, 7) is 6.20. The molecule has 0 aromatic rings. The zero-order chi connectivity index (χ0) is 12.1. The molecular weight excluding hydrogens is 208 g/mol. The summed E-state index contributed by atoms with van der Waals surface area (Å²) in [6.07, 6.45) is 3.71. The third-order valence-corrected chi connectivity index (χ3v) is 3.70. The van der Waals surface area contributed by atoms with Gasteiger partial charge < -0.3 is 10.6 Å². The molecular formula is C11H24N2OS. The summed E-state index contributed by atoms with van der Waals surface area (Å²) in [5.74, 6) is 0.990. The molecule has 0 aromatic heterocycles. The highest BCUT2D eigenvalue weighted by Gasteiger charge is 2.28. The second-order valence-corrected chi connectivity index (χ2v) is 5.44. The maximum atomic E-state index is 11.9. The van der Waals surface area contributed by atoms with Gasteiger partial charge >= 0.3 is 0 Å². The van der Waals surface area contributed by atoms with Crippen molar-refractivity contribution in [2.75, 3.05) is 19.1 Å². The lowest BCUT2D eigenvalue weighted by atomic mass is 9.99. The second-order valence-electron chi connectivity index (χ2n) is 4.45. The van der Waals surface area contributed by atoms with Crippen molar-refractivity contribution < 1.29 is 4.79 Å². The van der Waals surface area contributed by atoms with E-state index in [1.807, 2.05) is 13.3 Å². The predicted octanol–water partition coefficient (Wildman–Crippen LogP) is 1.71. The molecule has 1 atom stereocenters. The van der Waals surface area contributed by atoms with Gasteiger partial charge in [0.05, 0.1) is 6.04 Å². The highest BCUT2D eigenvalue weighted by molar-refractivity contribution is 7.98. The van der Waals surface area contributed by atoms with Crippen LogP contribution in [-0.2, 0) is 4.79 Å². The van der Waals surface area contributed by atoms with Crippen LogP contribution in [0.1, 0.15) is 33.6 Å². The van der Waals surface area contributed by atoms with E-state index in [0.717, 1.165) is 18.6 Å². The Morgan fingerprint density at radius 2 is 2.07 bits per heavy atom. The van der Waals surface area contributed by atoms with Crippen LogP contribution in [0.2, 0.25) is 0 Å². The monoisotopic (exact) mass is 232 g/mol. The first-order chi connectivity index (χ1) is 6.86. The highest BCUT2D eigenvalue weighted by atomic mass is 32.2. The zero-order valence-electron chi connectivity index (χ0n) is 10.5. The van der Waals surface area contributed by atoms with Crippen molar-refractivity contribution >= 4 is 17.7 Å². The molecule has 0 unspecified atom stereocenters. The van der Waals surface area contributed by atoms with Crippen LogP contribution in [0.5, 0.6) is 0 Å². The number of nitrogens with two attached hydrogens (primary N) is 1. The molecule has 3 nitrogen and oxygen atoms in total. The fraction of sp³-hybridized carbons (Fsp3) is 0.909. The maximum Gasteiger partial charge on any atom is 0.239 e. The van der Waals surface area contributed by atoms with Crippen LogP contribution in [0.4, 0.5) is 0 Å². The molecule has 0 saturated heterocycles. The molecule has 4 heteroatoms. The van der Waals surface area contributed by atoms with Crippen molar-refractivity contribution in [1.29, 1.82) is 0 Å². The average molecular weight is 232 g/mol. The van der Waals surface area contributed by atoms with Gasteiger partial charge in [0, 0.05) is 12.6 Å². The largest absolute Gasteiger partial charge is 0.339 e. The first kappa shape index (κ1) is 14.8. The minimum atomic E-state index is -0.353. The van der Waals surface area contributed by atoms with Gasteiger partial charge in [-0.3, -0.25) is 4.79 Å². The third kappa shape index (κ3) is 4.43. The molecule has 15 heavy (non-hydrogen) atoms. The SMILES string of the molecule is CCC(C)(C)N(C)C(=O)[C@H](N)CCSC. The summed E-state index contributed by atoms with van der Waals surface area (Å²) in [7, 11) is 1.84. The lowest BCUT2D eigenvalue weighted by molar-refractivity contribution is -0.136. The van der Waals surface area contributed by atoms with Gasteiger partial charge in [0.25, 0.3) is 0 Å². The molecule has 0 aliphatic carbocycles. The quantitative estimate of drug-likeness (QED) is 0.758. The highest BCUT2D eigenvalue weighted by Crippen LogP contribution is 2.17. The molecule has 0 rings (SSSR count). The predicted molar refractivity (Wildman–Crippen MR) is 68.1 cm³/mol. The van der Waals surface area contributed by atoms with E-state index < -0.39 is 0 Å². The molecule has 90 valence electrons. The molecule has 0 aliphatic heterocycles. The van der Waals surface area contributed by atoms with E-state index >= 15 is 0 Å². The number of hydrogen-bond donors (Lipinski definition) is 1. The number of likely N-dealkylation sites (N-methyl/N-ethyl adjacent to an activating group) is 1. The second kappa shape index (κ2) is 6.38. The summed E-state index contributed by atoms with van der Waals surface area (Å²) in [6, 6.07) is -0.353. The van der Waals surface area contributed by atoms with Gasteiger partial charge in [-0.05, 0) is 38.7 Å². The van der Waals surface area contributed by atoms with Crippen molar-refractivity contribution in [3.8, 4) is 0 Å². The van der Waals surface area contributed by atoms with E-state index in [1.165, 1.54) is 0 Å². The Labute approximate surface area is 97.8 Å². The molecule has 0 bridgehead atoms. The van der Waals surface area contributed by atoms with E-state index in [2.05, 4.69) is 20.8 Å². The molecule has 1 amide bonds. The van der Waals surface area contributed by atoms with Crippen LogP contribution in [0.3, 0.4) is 0 Å². The van der Waals surface area contributed by atoms with Crippen molar-refractivity contribution in [3.63, 3.8) is 0 Å². The summed E-state index contributed by atoms with van der Waals surface area (Å²) in [4.78, 5) is 13.7. The third-order valence-electron chi connectivity index (χ3n) is 3.05. The molecule has 0 radical (unpaired) electrons. The molecule has 0 aromatic carbocycles. The first-order valence-corrected chi connectivity index (χ1v) is 6.78. The number of rotatable bonds is 6. The summed E-state index contributed by atoms with van der Waals surface area (Å²) >= 11 is 1.72. The van der Waals surface area contributed by atoms with Crippen LogP contribution in [0.15, 0.2) is 0 Å². The van der Waals surface area contributed by atoms with Crippen LogP contribution in [0, 0.1) is 0 Å². The first-order valence-electron chi connectivity index (χ1n) is 5.39. The van der Waals surface area contributed by atoms with E-state index in [-0.39, 0.29) is 17.5 Å². The number of carbonyl (C=O) groups is 1. The minimum Gasteiger partial charge on any atom is -0.339 e. The topological polar surface area (TPSA) is 46.3 Å². The van der Waals surface area contributed by atoms with Crippen molar-refractivity contribution in [2.24, 2.45) is 5.73 Å². The Kier molecular flexibility index (Phi) is 6.29. The summed E-state index contributed by atoms with van der Waals surface area (Å²) in [5.41, 5.74) is 5.75. The fourth-order valence-corrected chi connectivity index (χ4v) is 1.64. The Balaban J connectivity index is 4.31. The number of amides is 1. The van der Waals surface area contributed by atoms with Gasteiger partial charge in [-0.25, -0.2) is 0 Å². The van der Waals surface area contributed by atoms with Gasteiger partial charge in [0.1, 0.15) is 0 Å². The molecule has 0 heterocycles. The average Bonchev–Trinajstić information content (AvgIpc) is 2.23. The number of carbonyl (C=O) groups excluding carboxylic acids is 1. The molecule has 0 spiro atoms. The zero-order valence-corrected chi connectivity index (χ0v) is 11.4. The Hall–Kier alpha value is -0.220. The van der Waals surface area contributed by atoms with Crippen molar-refractivity contribution in [3.05, 3.63) is 0 Å². The van der Waals surface area contributed by atoms with E-state index in [9.17, 15) is 4.79 Å². The lowest BCUT2D eigenvalue weighted by Gasteiger charge is -2.36. The van der Waals surface area contributed by atoms with Gasteiger partial charge in [0.2, 0.25) is 5.91 Å². The van der Waals surface area contributed by atoms with Gasteiger partial charge in [-0.15, -0.1) is 0 Å². The Morgan fingerprint density at radius 1 is 1.53 bits per heavy atom. The molecule has 0 aliphatic rings. The van der Waals surface area contributed by atoms with Gasteiger partial charge in [0.15, 0.2) is 0 Å². The van der Waals surface area contributed by atoms with Crippen LogP contribution in [-0.4, -0.2) is 41.4 Å². The lowest BCUT2D eigenvalue weighted by Crippen LogP contribution is -2.51. The van der Waals surface area contributed by atoms with Crippen molar-refractivity contribution in [1.82, 2.24) is 4.90 Å². The normalized spacial score (nSPS) is 13.7. The Bertz CT molecular complexity index is 207. The molecule has 0 saturated carbocycles. The summed E-state index contributed by atoms with van der Waals surface area (Å²) in [5, 5.41) is 0. The van der Waals surface area contributed by atoms with Gasteiger partial charge in [-0.2, -0.15) is 11.8 Å². The smallest absolute Gasteiger partial charge is 0.239 e. The summed E-state index contributed by atoms with van der Waals surface area (Å²) < 4.78 is 0. The van der Waals surface area contributed by atoms with E-state index in [0.29, 0.717) is 0 Å². The van der Waals surface area contributed by atoms with E-state index in [1.54, 1.807) is 16.7 Å². The van der Waals surface area contributed by atoms with Gasteiger partial charge in [-0.1, -0.05) is 6.92 Å². The molecule has 0 fully saturated rings. The maximum absolute atomic E-state index is 11.9. The number of thioether (sulfide) groups is 1. The van der Waals surface area contributed by atoms with Crippen LogP contribution >= 0.6 is 11.8 Å². The fourth-order valence-electron chi connectivity index (χ4n) is 1.15. The standard InChI is InChI=1S/C11H24N2OS/c1-6-11(2,3)13(4)10(14)9(12)7-8-15-5/h9H,6-8,12H2,1-5H3/t9-/m1/s1. The number of nitrogens with zero attached hydrogens (tertiary/aromatic N) is 1. The van der Waals surface area contributed by atoms with Crippen LogP contribution < -0.4 is 5.73 Å².